The number of aliphatic hydroxyl groups is 2. The fourth-order valence-corrected chi connectivity index (χ4v) is 2.59. The van der Waals surface area contributed by atoms with Gasteiger partial charge in [0, 0.05) is 19.0 Å². The Morgan fingerprint density at radius 2 is 2.21 bits per heavy atom. The molecule has 2 fully saturated rings. The van der Waals surface area contributed by atoms with Crippen LogP contribution in [0.5, 0.6) is 0 Å². The first-order chi connectivity index (χ1) is 6.81. The van der Waals surface area contributed by atoms with Gasteiger partial charge in [-0.05, 0) is 25.8 Å². The van der Waals surface area contributed by atoms with Crippen molar-refractivity contribution in [3.8, 4) is 0 Å². The number of rotatable bonds is 2. The van der Waals surface area contributed by atoms with E-state index in [0.717, 1.165) is 32.4 Å². The fraction of sp³-hybridized carbons (Fsp3) is 1.00. The number of likely N-dealkylation sites (tertiary alicyclic amines) is 1. The second kappa shape index (κ2) is 4.57. The summed E-state index contributed by atoms with van der Waals surface area (Å²) in [5, 5.41) is 22.2. The lowest BCUT2D eigenvalue weighted by molar-refractivity contribution is 0.0327. The van der Waals surface area contributed by atoms with E-state index in [1.807, 2.05) is 0 Å². The number of piperidine rings is 1. The molecule has 3 atom stereocenters. The van der Waals surface area contributed by atoms with Crippen LogP contribution < -0.4 is 5.32 Å². The molecule has 2 heterocycles. The number of hydrogen-bond acceptors (Lipinski definition) is 4. The maximum absolute atomic E-state index is 9.57. The molecule has 2 saturated heterocycles. The zero-order chi connectivity index (χ0) is 9.97. The van der Waals surface area contributed by atoms with E-state index in [0.29, 0.717) is 6.04 Å². The van der Waals surface area contributed by atoms with Gasteiger partial charge in [0.05, 0.1) is 18.9 Å². The molecule has 0 spiro atoms. The van der Waals surface area contributed by atoms with Crippen LogP contribution in [0.2, 0.25) is 0 Å². The molecule has 0 aromatic carbocycles. The predicted octanol–water partition coefficient (Wildman–Crippen LogP) is -0.486. The second-order valence-corrected chi connectivity index (χ2v) is 4.36. The number of nitrogens with zero attached hydrogens (tertiary/aromatic N) is 1. The van der Waals surface area contributed by atoms with E-state index in [-0.39, 0.29) is 18.9 Å². The van der Waals surface area contributed by atoms with Crippen molar-refractivity contribution in [1.29, 1.82) is 0 Å². The molecule has 4 heteroatoms. The summed E-state index contributed by atoms with van der Waals surface area (Å²) < 4.78 is 0. The topological polar surface area (TPSA) is 55.7 Å². The minimum absolute atomic E-state index is 0.166. The van der Waals surface area contributed by atoms with Crippen LogP contribution in [-0.2, 0) is 0 Å². The van der Waals surface area contributed by atoms with Crippen molar-refractivity contribution in [1.82, 2.24) is 10.2 Å². The van der Waals surface area contributed by atoms with Gasteiger partial charge in [-0.25, -0.2) is 0 Å². The highest BCUT2D eigenvalue weighted by atomic mass is 16.3. The van der Waals surface area contributed by atoms with Crippen LogP contribution in [0.1, 0.15) is 25.7 Å². The number of hydrogen-bond donors (Lipinski definition) is 3. The molecule has 0 radical (unpaired) electrons. The fourth-order valence-electron chi connectivity index (χ4n) is 2.59. The van der Waals surface area contributed by atoms with Crippen LogP contribution in [0.3, 0.4) is 0 Å². The Labute approximate surface area is 84.9 Å². The van der Waals surface area contributed by atoms with Gasteiger partial charge in [0.1, 0.15) is 0 Å². The summed E-state index contributed by atoms with van der Waals surface area (Å²) in [6.45, 7) is 2.18. The molecule has 82 valence electrons. The maximum Gasteiger partial charge on any atom is 0.0625 e. The SMILES string of the molecule is OCC1CCCN1C1CC(O)CCN1. The first-order valence-electron chi connectivity index (χ1n) is 5.59. The monoisotopic (exact) mass is 200 g/mol. The lowest BCUT2D eigenvalue weighted by atomic mass is 10.1. The molecule has 0 aromatic heterocycles. The van der Waals surface area contributed by atoms with E-state index < -0.39 is 0 Å². The van der Waals surface area contributed by atoms with Crippen LogP contribution in [0, 0.1) is 0 Å². The van der Waals surface area contributed by atoms with Crippen molar-refractivity contribution in [3.63, 3.8) is 0 Å². The van der Waals surface area contributed by atoms with E-state index in [1.54, 1.807) is 0 Å². The third kappa shape index (κ3) is 2.08. The number of aliphatic hydroxyl groups excluding tert-OH is 2. The summed E-state index contributed by atoms with van der Waals surface area (Å²) in [4.78, 5) is 2.31. The minimum atomic E-state index is -0.166. The average molecular weight is 200 g/mol. The molecule has 14 heavy (non-hydrogen) atoms. The summed E-state index contributed by atoms with van der Waals surface area (Å²) in [6, 6.07) is 0.304. The standard InChI is InChI=1S/C10H20N2O2/c13-7-8-2-1-5-12(8)10-6-9(14)3-4-11-10/h8-11,13-14H,1-7H2. The van der Waals surface area contributed by atoms with E-state index in [2.05, 4.69) is 10.2 Å². The summed E-state index contributed by atoms with van der Waals surface area (Å²) in [6.07, 6.45) is 4.02. The molecule has 2 aliphatic heterocycles. The molecule has 0 bridgehead atoms. The Morgan fingerprint density at radius 1 is 1.36 bits per heavy atom. The van der Waals surface area contributed by atoms with Crippen molar-refractivity contribution in [2.45, 2.75) is 44.0 Å². The van der Waals surface area contributed by atoms with Gasteiger partial charge in [0.2, 0.25) is 0 Å². The molecule has 2 aliphatic rings. The van der Waals surface area contributed by atoms with Crippen LogP contribution in [-0.4, -0.2) is 53.1 Å². The molecule has 3 unspecified atom stereocenters. The van der Waals surface area contributed by atoms with Gasteiger partial charge in [-0.15, -0.1) is 0 Å². The highest BCUT2D eigenvalue weighted by Crippen LogP contribution is 2.22. The van der Waals surface area contributed by atoms with Gasteiger partial charge in [-0.2, -0.15) is 0 Å². The zero-order valence-corrected chi connectivity index (χ0v) is 8.52. The normalized spacial score (nSPS) is 40.3. The Hall–Kier alpha value is -0.160. The lowest BCUT2D eigenvalue weighted by Gasteiger charge is -2.37. The van der Waals surface area contributed by atoms with Gasteiger partial charge in [-0.1, -0.05) is 0 Å². The summed E-state index contributed by atoms with van der Waals surface area (Å²) >= 11 is 0. The van der Waals surface area contributed by atoms with Crippen molar-refractivity contribution >= 4 is 0 Å². The van der Waals surface area contributed by atoms with E-state index in [1.165, 1.54) is 6.42 Å². The van der Waals surface area contributed by atoms with Crippen LogP contribution in [0.15, 0.2) is 0 Å². The summed E-state index contributed by atoms with van der Waals surface area (Å²) in [5.74, 6) is 0. The van der Waals surface area contributed by atoms with E-state index >= 15 is 0 Å². The van der Waals surface area contributed by atoms with Crippen LogP contribution in [0.25, 0.3) is 0 Å². The summed E-state index contributed by atoms with van der Waals surface area (Å²) in [5.41, 5.74) is 0. The van der Waals surface area contributed by atoms with Crippen molar-refractivity contribution in [3.05, 3.63) is 0 Å². The highest BCUT2D eigenvalue weighted by Gasteiger charge is 2.32. The smallest absolute Gasteiger partial charge is 0.0625 e. The molecule has 0 saturated carbocycles. The molecule has 3 N–H and O–H groups in total. The van der Waals surface area contributed by atoms with Crippen molar-refractivity contribution in [2.75, 3.05) is 19.7 Å². The van der Waals surface area contributed by atoms with Gasteiger partial charge in [-0.3, -0.25) is 4.90 Å². The van der Waals surface area contributed by atoms with Crippen LogP contribution in [0.4, 0.5) is 0 Å². The van der Waals surface area contributed by atoms with Gasteiger partial charge >= 0.3 is 0 Å². The molecule has 0 aromatic rings. The van der Waals surface area contributed by atoms with E-state index in [9.17, 15) is 10.2 Å². The molecule has 0 aliphatic carbocycles. The van der Waals surface area contributed by atoms with Gasteiger partial charge in [0.25, 0.3) is 0 Å². The Morgan fingerprint density at radius 3 is 2.93 bits per heavy atom. The highest BCUT2D eigenvalue weighted by molar-refractivity contribution is 4.86. The first-order valence-corrected chi connectivity index (χ1v) is 5.59. The summed E-state index contributed by atoms with van der Waals surface area (Å²) in [7, 11) is 0. The second-order valence-electron chi connectivity index (χ2n) is 4.36. The zero-order valence-electron chi connectivity index (χ0n) is 8.52. The Bertz CT molecular complexity index is 189. The Kier molecular flexibility index (Phi) is 3.38. The van der Waals surface area contributed by atoms with E-state index in [4.69, 9.17) is 0 Å². The van der Waals surface area contributed by atoms with Crippen molar-refractivity contribution < 1.29 is 10.2 Å². The third-order valence-electron chi connectivity index (χ3n) is 3.39. The lowest BCUT2D eigenvalue weighted by Crippen LogP contribution is -2.53. The first kappa shape index (κ1) is 10.4. The predicted molar refractivity (Wildman–Crippen MR) is 53.8 cm³/mol. The molecular weight excluding hydrogens is 180 g/mol. The molecule has 4 nitrogen and oxygen atoms in total. The Balaban J connectivity index is 1.92. The quantitative estimate of drug-likeness (QED) is 0.563. The molecule has 0 amide bonds. The molecular formula is C10H20N2O2. The molecule has 2 rings (SSSR count). The largest absolute Gasteiger partial charge is 0.395 e. The maximum atomic E-state index is 9.57. The van der Waals surface area contributed by atoms with Crippen LogP contribution >= 0.6 is 0 Å². The third-order valence-corrected chi connectivity index (χ3v) is 3.39. The minimum Gasteiger partial charge on any atom is -0.395 e. The number of nitrogens with one attached hydrogen (secondary N) is 1. The average Bonchev–Trinajstić information content (AvgIpc) is 2.65. The van der Waals surface area contributed by atoms with Crippen molar-refractivity contribution in [2.24, 2.45) is 0 Å². The van der Waals surface area contributed by atoms with Gasteiger partial charge in [0.15, 0.2) is 0 Å². The van der Waals surface area contributed by atoms with Gasteiger partial charge < -0.3 is 15.5 Å².